The highest BCUT2D eigenvalue weighted by atomic mass is 28.4. The number of rotatable bonds is 8. The van der Waals surface area contributed by atoms with Gasteiger partial charge < -0.3 is 13.6 Å². The van der Waals surface area contributed by atoms with Crippen molar-refractivity contribution < 1.29 is 18.0 Å². The van der Waals surface area contributed by atoms with Gasteiger partial charge in [0.2, 0.25) is 0 Å². The van der Waals surface area contributed by atoms with Gasteiger partial charge in [0, 0.05) is 12.3 Å². The first-order valence-electron chi connectivity index (χ1n) is 14.5. The van der Waals surface area contributed by atoms with Crippen LogP contribution in [-0.4, -0.2) is 50.7 Å². The lowest BCUT2D eigenvalue weighted by molar-refractivity contribution is -0.111. The zero-order chi connectivity index (χ0) is 31.1. The number of aromatic amines is 1. The van der Waals surface area contributed by atoms with Gasteiger partial charge in [0.05, 0.1) is 6.61 Å². The van der Waals surface area contributed by atoms with Gasteiger partial charge in [-0.2, -0.15) is 0 Å². The molecule has 1 aromatic heterocycles. The van der Waals surface area contributed by atoms with Crippen LogP contribution in [0.3, 0.4) is 0 Å². The molecule has 2 heterocycles. The van der Waals surface area contributed by atoms with E-state index in [9.17, 15) is 9.59 Å². The van der Waals surface area contributed by atoms with Gasteiger partial charge in [0.25, 0.3) is 13.9 Å². The minimum atomic E-state index is -2.99. The number of nitrogens with zero attached hydrogens (tertiary/aromatic N) is 1. The molecule has 0 saturated carbocycles. The quantitative estimate of drug-likeness (QED) is 0.357. The molecule has 3 aromatic rings. The summed E-state index contributed by atoms with van der Waals surface area (Å²) >= 11 is 0. The first-order chi connectivity index (χ1) is 19.4. The molecule has 0 bridgehead atoms. The Balaban J connectivity index is 1.83. The number of ether oxygens (including phenoxy) is 1. The molecule has 7 nitrogen and oxygen atoms in total. The van der Waals surface area contributed by atoms with Gasteiger partial charge in [0.1, 0.15) is 11.7 Å². The van der Waals surface area contributed by atoms with Crippen LogP contribution in [0, 0.1) is 0 Å². The average molecular weight is 613 g/mol. The van der Waals surface area contributed by atoms with Crippen molar-refractivity contribution in [2.75, 3.05) is 6.61 Å². The largest absolute Gasteiger partial charge is 0.408 e. The lowest BCUT2D eigenvalue weighted by Crippen LogP contribution is -2.68. The summed E-state index contributed by atoms with van der Waals surface area (Å²) in [6.07, 6.45) is -2.72. The summed E-state index contributed by atoms with van der Waals surface area (Å²) in [5.74, 6) is 0. The summed E-state index contributed by atoms with van der Waals surface area (Å²) in [4.78, 5) is 26.7. The maximum absolute atomic E-state index is 16.6. The Labute approximate surface area is 250 Å². The van der Waals surface area contributed by atoms with E-state index in [2.05, 4.69) is 83.9 Å². The smallest absolute Gasteiger partial charge is 0.330 e. The summed E-state index contributed by atoms with van der Waals surface area (Å²) < 4.78 is 38.1. The molecule has 1 N–H and O–H groups in total. The zero-order valence-electron chi connectivity index (χ0n) is 26.2. The molecule has 4 rings (SSSR count). The highest BCUT2D eigenvalue weighted by Crippen LogP contribution is 2.47. The van der Waals surface area contributed by atoms with Crippen LogP contribution in [0.1, 0.15) is 54.7 Å². The van der Waals surface area contributed by atoms with Crippen molar-refractivity contribution in [2.24, 2.45) is 0 Å². The van der Waals surface area contributed by atoms with Gasteiger partial charge >= 0.3 is 5.69 Å². The molecule has 0 aliphatic carbocycles. The van der Waals surface area contributed by atoms with E-state index in [-0.39, 0.29) is 16.7 Å². The SMILES string of the molecule is CC(C)(C)[Si](C)(C)O[C@H]1[C@@H](F)[C@H](n2ccc(=O)[nH]c2=O)O[C@]1(C)CO[Si](c1ccccc1)(c1ccccc1)C(C)(C)C. The third-order valence-electron chi connectivity index (χ3n) is 8.90. The number of benzene rings is 2. The van der Waals surface area contributed by atoms with Crippen LogP contribution in [0.15, 0.2) is 82.5 Å². The first kappa shape index (κ1) is 32.3. The lowest BCUT2D eigenvalue weighted by Gasteiger charge is -2.46. The Morgan fingerprint density at radius 3 is 1.88 bits per heavy atom. The molecular formula is C32H45FN2O5Si2. The van der Waals surface area contributed by atoms with E-state index >= 15 is 4.39 Å². The molecule has 0 radical (unpaired) electrons. The predicted molar refractivity (Wildman–Crippen MR) is 170 cm³/mol. The topological polar surface area (TPSA) is 82.6 Å². The number of halogens is 1. The van der Waals surface area contributed by atoms with Crippen molar-refractivity contribution in [3.63, 3.8) is 0 Å². The number of H-pyrrole nitrogens is 1. The normalized spacial score (nSPS) is 23.7. The third-order valence-corrected chi connectivity index (χ3v) is 18.3. The first-order valence-corrected chi connectivity index (χ1v) is 19.3. The van der Waals surface area contributed by atoms with Crippen molar-refractivity contribution in [3.8, 4) is 0 Å². The maximum Gasteiger partial charge on any atom is 0.330 e. The number of nitrogens with one attached hydrogen (secondary N) is 1. The van der Waals surface area contributed by atoms with Crippen LogP contribution in [0.25, 0.3) is 0 Å². The van der Waals surface area contributed by atoms with E-state index in [4.69, 9.17) is 13.6 Å². The Kier molecular flexibility index (Phi) is 8.81. The van der Waals surface area contributed by atoms with E-state index in [0.29, 0.717) is 0 Å². The minimum Gasteiger partial charge on any atom is -0.408 e. The molecule has 228 valence electrons. The van der Waals surface area contributed by atoms with Crippen LogP contribution in [0.4, 0.5) is 4.39 Å². The highest BCUT2D eigenvalue weighted by Gasteiger charge is 2.59. The second kappa shape index (κ2) is 11.5. The Bertz CT molecular complexity index is 1440. The van der Waals surface area contributed by atoms with E-state index < -0.39 is 52.0 Å². The summed E-state index contributed by atoms with van der Waals surface area (Å²) in [5.41, 5.74) is -2.54. The maximum atomic E-state index is 16.6. The Morgan fingerprint density at radius 1 is 0.905 bits per heavy atom. The molecular weight excluding hydrogens is 568 g/mol. The number of hydrogen-bond donors (Lipinski definition) is 1. The molecule has 42 heavy (non-hydrogen) atoms. The predicted octanol–water partition coefficient (Wildman–Crippen LogP) is 5.13. The molecule has 0 amide bonds. The molecule has 1 fully saturated rings. The van der Waals surface area contributed by atoms with E-state index in [1.54, 1.807) is 0 Å². The van der Waals surface area contributed by atoms with Crippen LogP contribution in [0.2, 0.25) is 23.2 Å². The monoisotopic (exact) mass is 612 g/mol. The molecule has 4 atom stereocenters. The summed E-state index contributed by atoms with van der Waals surface area (Å²) in [5, 5.41) is 1.69. The second-order valence-electron chi connectivity index (χ2n) is 14.0. The van der Waals surface area contributed by atoms with Crippen molar-refractivity contribution in [3.05, 3.63) is 93.8 Å². The Hall–Kier alpha value is -2.64. The lowest BCUT2D eigenvalue weighted by atomic mass is 9.99. The van der Waals surface area contributed by atoms with Crippen LogP contribution >= 0.6 is 0 Å². The molecule has 1 aliphatic rings. The van der Waals surface area contributed by atoms with Gasteiger partial charge in [-0.25, -0.2) is 9.18 Å². The average Bonchev–Trinajstić information content (AvgIpc) is 3.14. The number of alkyl halides is 1. The van der Waals surface area contributed by atoms with Crippen LogP contribution < -0.4 is 21.6 Å². The number of aromatic nitrogens is 2. The molecule has 2 aromatic carbocycles. The summed E-state index contributed by atoms with van der Waals surface area (Å²) in [7, 11) is -5.50. The fraction of sp³-hybridized carbons (Fsp3) is 0.500. The fourth-order valence-corrected chi connectivity index (χ4v) is 11.6. The summed E-state index contributed by atoms with van der Waals surface area (Å²) in [6, 6.07) is 21.6. The molecule has 0 spiro atoms. The van der Waals surface area contributed by atoms with E-state index in [1.165, 1.54) is 12.3 Å². The van der Waals surface area contributed by atoms with E-state index in [1.807, 2.05) is 43.3 Å². The standard InChI is InChI=1S/C32H45FN2O5Si2/c1-30(2,3)41(8,9)40-27-26(33)28(35-21-20-25(36)34-29(35)37)39-32(27,7)22-38-42(31(4,5)6,23-16-12-10-13-17-23)24-18-14-11-15-19-24/h10-21,26-28H,22H2,1-9H3,(H,34,36,37)/t26-,27+,28-,32-/m1/s1. The Morgan fingerprint density at radius 2 is 1.43 bits per heavy atom. The zero-order valence-corrected chi connectivity index (χ0v) is 28.2. The molecule has 1 aliphatic heterocycles. The van der Waals surface area contributed by atoms with Crippen molar-refractivity contribution >= 4 is 27.0 Å². The van der Waals surface area contributed by atoms with Gasteiger partial charge in [-0.15, -0.1) is 0 Å². The van der Waals surface area contributed by atoms with Gasteiger partial charge in [-0.1, -0.05) is 102 Å². The summed E-state index contributed by atoms with van der Waals surface area (Å²) in [6.45, 7) is 18.8. The molecule has 0 unspecified atom stereocenters. The van der Waals surface area contributed by atoms with Crippen LogP contribution in [0.5, 0.6) is 0 Å². The minimum absolute atomic E-state index is 0.0363. The van der Waals surface area contributed by atoms with Crippen molar-refractivity contribution in [2.45, 2.75) is 95.7 Å². The third kappa shape index (κ3) is 5.92. The van der Waals surface area contributed by atoms with Crippen molar-refractivity contribution in [1.29, 1.82) is 0 Å². The van der Waals surface area contributed by atoms with Gasteiger partial charge in [-0.05, 0) is 40.5 Å². The second-order valence-corrected chi connectivity index (χ2v) is 23.1. The van der Waals surface area contributed by atoms with Gasteiger partial charge in [0.15, 0.2) is 20.7 Å². The van der Waals surface area contributed by atoms with Gasteiger partial charge in [-0.3, -0.25) is 14.3 Å². The van der Waals surface area contributed by atoms with Crippen molar-refractivity contribution in [1.82, 2.24) is 9.55 Å². The molecule has 1 saturated heterocycles. The fourth-order valence-electron chi connectivity index (χ4n) is 5.55. The highest BCUT2D eigenvalue weighted by molar-refractivity contribution is 6.99. The van der Waals surface area contributed by atoms with E-state index in [0.717, 1.165) is 14.9 Å². The number of hydrogen-bond acceptors (Lipinski definition) is 5. The van der Waals surface area contributed by atoms with Crippen LogP contribution in [-0.2, 0) is 13.6 Å². The molecule has 10 heteroatoms.